The lowest BCUT2D eigenvalue weighted by atomic mass is 10.1. The van der Waals surface area contributed by atoms with E-state index in [-0.39, 0.29) is 11.9 Å². The molecule has 0 saturated heterocycles. The Balaban J connectivity index is 2.20. The number of nitrogens with two attached hydrogens (primary N) is 1. The van der Waals surface area contributed by atoms with Crippen molar-refractivity contribution in [2.24, 2.45) is 5.73 Å². The Morgan fingerprint density at radius 2 is 1.90 bits per heavy atom. The van der Waals surface area contributed by atoms with Gasteiger partial charge in [-0.25, -0.2) is 4.39 Å². The van der Waals surface area contributed by atoms with Crippen molar-refractivity contribution in [1.82, 2.24) is 0 Å². The Bertz CT molecular complexity index is 608. The molecule has 2 N–H and O–H groups in total. The zero-order valence-corrected chi connectivity index (χ0v) is 12.1. The van der Waals surface area contributed by atoms with E-state index < -0.39 is 0 Å². The van der Waals surface area contributed by atoms with Gasteiger partial charge >= 0.3 is 0 Å². The van der Waals surface area contributed by atoms with Gasteiger partial charge in [-0.2, -0.15) is 0 Å². The highest BCUT2D eigenvalue weighted by Crippen LogP contribution is 2.26. The van der Waals surface area contributed by atoms with Crippen LogP contribution in [-0.4, -0.2) is 0 Å². The van der Waals surface area contributed by atoms with E-state index in [1.54, 1.807) is 6.07 Å². The Labute approximate surface area is 119 Å². The molecule has 0 aliphatic heterocycles. The molecule has 0 spiro atoms. The third kappa shape index (κ3) is 3.36. The van der Waals surface area contributed by atoms with E-state index in [1.807, 2.05) is 13.8 Å². The first-order chi connectivity index (χ1) is 9.47. The van der Waals surface area contributed by atoms with Gasteiger partial charge in [0.1, 0.15) is 18.2 Å². The van der Waals surface area contributed by atoms with E-state index in [0.717, 1.165) is 5.56 Å². The zero-order chi connectivity index (χ0) is 14.7. The molecule has 106 valence electrons. The molecular weight excluding hydrogens is 253 g/mol. The summed E-state index contributed by atoms with van der Waals surface area (Å²) < 4.78 is 19.1. The van der Waals surface area contributed by atoms with Gasteiger partial charge in [0.2, 0.25) is 0 Å². The maximum absolute atomic E-state index is 13.3. The predicted molar refractivity (Wildman–Crippen MR) is 79.3 cm³/mol. The SMILES string of the molecule is Cc1ccc(C)c(COc2ccc(F)cc2[C@@H](C)N)c1. The summed E-state index contributed by atoms with van der Waals surface area (Å²) in [5.41, 5.74) is 10.1. The van der Waals surface area contributed by atoms with Crippen LogP contribution in [0.5, 0.6) is 5.75 Å². The molecule has 0 radical (unpaired) electrons. The second kappa shape index (κ2) is 6.06. The van der Waals surface area contributed by atoms with Gasteiger partial charge in [0, 0.05) is 11.6 Å². The van der Waals surface area contributed by atoms with Crippen molar-refractivity contribution in [1.29, 1.82) is 0 Å². The normalized spacial score (nSPS) is 12.2. The van der Waals surface area contributed by atoms with Crippen molar-refractivity contribution in [2.75, 3.05) is 0 Å². The molecule has 0 amide bonds. The van der Waals surface area contributed by atoms with Crippen molar-refractivity contribution in [2.45, 2.75) is 33.4 Å². The number of rotatable bonds is 4. The standard InChI is InChI=1S/C17H20FNO/c1-11-4-5-12(2)14(8-11)10-20-17-7-6-15(18)9-16(17)13(3)19/h4-9,13H,10,19H2,1-3H3/t13-/m1/s1. The van der Waals surface area contributed by atoms with Crippen LogP contribution < -0.4 is 10.5 Å². The average Bonchev–Trinajstić information content (AvgIpc) is 2.40. The average molecular weight is 273 g/mol. The monoisotopic (exact) mass is 273 g/mol. The van der Waals surface area contributed by atoms with Crippen molar-refractivity contribution in [3.63, 3.8) is 0 Å². The van der Waals surface area contributed by atoms with E-state index in [1.165, 1.54) is 23.3 Å². The molecular formula is C17H20FNO. The topological polar surface area (TPSA) is 35.2 Å². The quantitative estimate of drug-likeness (QED) is 0.912. The second-order valence-corrected chi connectivity index (χ2v) is 5.19. The Morgan fingerprint density at radius 3 is 2.60 bits per heavy atom. The highest BCUT2D eigenvalue weighted by Gasteiger charge is 2.10. The number of hydrogen-bond acceptors (Lipinski definition) is 2. The summed E-state index contributed by atoms with van der Waals surface area (Å²) in [5.74, 6) is 0.346. The van der Waals surface area contributed by atoms with E-state index in [4.69, 9.17) is 10.5 Å². The van der Waals surface area contributed by atoms with Gasteiger partial charge in [0.15, 0.2) is 0 Å². The molecule has 0 unspecified atom stereocenters. The van der Waals surface area contributed by atoms with Gasteiger partial charge in [0.05, 0.1) is 0 Å². The minimum atomic E-state index is -0.295. The maximum Gasteiger partial charge on any atom is 0.124 e. The van der Waals surface area contributed by atoms with E-state index in [9.17, 15) is 4.39 Å². The molecule has 3 heteroatoms. The van der Waals surface area contributed by atoms with Crippen molar-refractivity contribution in [3.8, 4) is 5.75 Å². The van der Waals surface area contributed by atoms with Crippen LogP contribution in [0.3, 0.4) is 0 Å². The minimum Gasteiger partial charge on any atom is -0.489 e. The first-order valence-electron chi connectivity index (χ1n) is 6.71. The summed E-state index contributed by atoms with van der Waals surface area (Å²) >= 11 is 0. The predicted octanol–water partition coefficient (Wildman–Crippen LogP) is 4.04. The van der Waals surface area contributed by atoms with Crippen molar-refractivity contribution < 1.29 is 9.13 Å². The van der Waals surface area contributed by atoms with Gasteiger partial charge in [-0.3, -0.25) is 0 Å². The highest BCUT2D eigenvalue weighted by atomic mass is 19.1. The number of aryl methyl sites for hydroxylation is 2. The van der Waals surface area contributed by atoms with Crippen LogP contribution in [0.4, 0.5) is 4.39 Å². The smallest absolute Gasteiger partial charge is 0.124 e. The highest BCUT2D eigenvalue weighted by molar-refractivity contribution is 5.37. The molecule has 0 aliphatic carbocycles. The first-order valence-corrected chi connectivity index (χ1v) is 6.71. The van der Waals surface area contributed by atoms with Gasteiger partial charge in [0.25, 0.3) is 0 Å². The number of hydrogen-bond donors (Lipinski definition) is 1. The van der Waals surface area contributed by atoms with Crippen LogP contribution >= 0.6 is 0 Å². The molecule has 0 aromatic heterocycles. The van der Waals surface area contributed by atoms with Crippen molar-refractivity contribution in [3.05, 3.63) is 64.5 Å². The summed E-state index contributed by atoms with van der Waals surface area (Å²) in [6.07, 6.45) is 0. The van der Waals surface area contributed by atoms with E-state index in [0.29, 0.717) is 17.9 Å². The Hall–Kier alpha value is -1.87. The summed E-state index contributed by atoms with van der Waals surface area (Å²) in [4.78, 5) is 0. The largest absolute Gasteiger partial charge is 0.489 e. The summed E-state index contributed by atoms with van der Waals surface area (Å²) in [7, 11) is 0. The van der Waals surface area contributed by atoms with Crippen LogP contribution in [-0.2, 0) is 6.61 Å². The maximum atomic E-state index is 13.3. The van der Waals surface area contributed by atoms with Crippen LogP contribution in [0.15, 0.2) is 36.4 Å². The third-order valence-electron chi connectivity index (χ3n) is 3.35. The van der Waals surface area contributed by atoms with Crippen LogP contribution in [0.2, 0.25) is 0 Å². The molecule has 0 saturated carbocycles. The molecule has 0 bridgehead atoms. The lowest BCUT2D eigenvalue weighted by Gasteiger charge is -2.15. The Morgan fingerprint density at radius 1 is 1.15 bits per heavy atom. The molecule has 2 aromatic rings. The molecule has 1 atom stereocenters. The minimum absolute atomic E-state index is 0.265. The fourth-order valence-electron chi connectivity index (χ4n) is 2.12. The lowest BCUT2D eigenvalue weighted by Crippen LogP contribution is -2.09. The van der Waals surface area contributed by atoms with Crippen LogP contribution in [0, 0.1) is 19.7 Å². The number of benzene rings is 2. The summed E-state index contributed by atoms with van der Waals surface area (Å²) in [6.45, 7) is 6.38. The molecule has 2 nitrogen and oxygen atoms in total. The molecule has 0 heterocycles. The molecule has 2 aromatic carbocycles. The van der Waals surface area contributed by atoms with Crippen molar-refractivity contribution >= 4 is 0 Å². The van der Waals surface area contributed by atoms with Gasteiger partial charge < -0.3 is 10.5 Å². The molecule has 0 aliphatic rings. The fraction of sp³-hybridized carbons (Fsp3) is 0.294. The second-order valence-electron chi connectivity index (χ2n) is 5.19. The molecule has 2 rings (SSSR count). The summed E-state index contributed by atoms with van der Waals surface area (Å²) in [5, 5.41) is 0. The van der Waals surface area contributed by atoms with Crippen LogP contribution in [0.25, 0.3) is 0 Å². The molecule has 20 heavy (non-hydrogen) atoms. The van der Waals surface area contributed by atoms with Gasteiger partial charge in [-0.05, 0) is 50.1 Å². The fourth-order valence-corrected chi connectivity index (χ4v) is 2.12. The van der Waals surface area contributed by atoms with Crippen LogP contribution in [0.1, 0.15) is 35.2 Å². The summed E-state index contributed by atoms with van der Waals surface area (Å²) in [6, 6.07) is 10.4. The number of halogens is 1. The van der Waals surface area contributed by atoms with E-state index >= 15 is 0 Å². The van der Waals surface area contributed by atoms with Gasteiger partial charge in [-0.15, -0.1) is 0 Å². The Kier molecular flexibility index (Phi) is 4.40. The first kappa shape index (κ1) is 14.5. The van der Waals surface area contributed by atoms with E-state index in [2.05, 4.69) is 25.1 Å². The van der Waals surface area contributed by atoms with Gasteiger partial charge in [-0.1, -0.05) is 23.8 Å². The number of ether oxygens (including phenoxy) is 1. The lowest BCUT2D eigenvalue weighted by molar-refractivity contribution is 0.300. The zero-order valence-electron chi connectivity index (χ0n) is 12.1. The molecule has 0 fully saturated rings. The third-order valence-corrected chi connectivity index (χ3v) is 3.35.